The molecule has 2 N–H and O–H groups in total. The van der Waals surface area contributed by atoms with Crippen molar-refractivity contribution < 1.29 is 9.59 Å². The van der Waals surface area contributed by atoms with Crippen LogP contribution in [0.25, 0.3) is 0 Å². The van der Waals surface area contributed by atoms with Gasteiger partial charge in [-0.3, -0.25) is 14.5 Å². The van der Waals surface area contributed by atoms with Crippen LogP contribution < -0.4 is 10.6 Å². The normalized spacial score (nSPS) is 14.6. The highest BCUT2D eigenvalue weighted by atomic mass is 32.1. The van der Waals surface area contributed by atoms with Crippen LogP contribution in [-0.4, -0.2) is 29.8 Å². The number of thiophene rings is 1. The van der Waals surface area contributed by atoms with Crippen molar-refractivity contribution in [2.24, 2.45) is 0 Å². The van der Waals surface area contributed by atoms with Gasteiger partial charge in [-0.05, 0) is 58.5 Å². The molecule has 1 atom stereocenters. The summed E-state index contributed by atoms with van der Waals surface area (Å²) in [5.74, 6) is -1.26. The lowest BCUT2D eigenvalue weighted by atomic mass is 9.97. The molecule has 0 saturated heterocycles. The van der Waals surface area contributed by atoms with E-state index in [-0.39, 0.29) is 6.04 Å². The second kappa shape index (κ2) is 9.24. The van der Waals surface area contributed by atoms with Gasteiger partial charge in [0.2, 0.25) is 0 Å². The van der Waals surface area contributed by atoms with Gasteiger partial charge in [-0.1, -0.05) is 42.5 Å². The second-order valence-corrected chi connectivity index (χ2v) is 8.32. The molecular formula is C24H25N3O2S. The Morgan fingerprint density at radius 3 is 2.57 bits per heavy atom. The molecule has 0 saturated carbocycles. The van der Waals surface area contributed by atoms with Gasteiger partial charge in [0.05, 0.1) is 6.04 Å². The van der Waals surface area contributed by atoms with Crippen molar-refractivity contribution in [1.29, 1.82) is 0 Å². The molecule has 1 aliphatic rings. The Kier molecular flexibility index (Phi) is 6.26. The van der Waals surface area contributed by atoms with E-state index in [2.05, 4.69) is 51.2 Å². The smallest absolute Gasteiger partial charge is 0.313 e. The van der Waals surface area contributed by atoms with Crippen molar-refractivity contribution in [2.45, 2.75) is 25.9 Å². The van der Waals surface area contributed by atoms with Crippen molar-refractivity contribution in [1.82, 2.24) is 10.2 Å². The first-order valence-electron chi connectivity index (χ1n) is 10.1. The van der Waals surface area contributed by atoms with E-state index in [0.29, 0.717) is 12.2 Å². The van der Waals surface area contributed by atoms with E-state index in [0.717, 1.165) is 25.1 Å². The third-order valence-electron chi connectivity index (χ3n) is 5.58. The van der Waals surface area contributed by atoms with E-state index >= 15 is 0 Å². The Morgan fingerprint density at radius 2 is 1.80 bits per heavy atom. The number of anilines is 1. The molecule has 6 heteroatoms. The lowest BCUT2D eigenvalue weighted by Crippen LogP contribution is -2.43. The van der Waals surface area contributed by atoms with Crippen LogP contribution in [-0.2, 0) is 22.6 Å². The number of para-hydroxylation sites is 1. The predicted octanol–water partition coefficient (Wildman–Crippen LogP) is 3.91. The fourth-order valence-electron chi connectivity index (χ4n) is 3.87. The molecule has 0 fully saturated rings. The minimum atomic E-state index is -0.641. The average Bonchev–Trinajstić information content (AvgIpc) is 3.30. The van der Waals surface area contributed by atoms with E-state index in [1.165, 1.54) is 16.7 Å². The quantitative estimate of drug-likeness (QED) is 0.617. The number of aryl methyl sites for hydroxylation is 1. The lowest BCUT2D eigenvalue weighted by molar-refractivity contribution is -0.136. The molecule has 0 bridgehead atoms. The zero-order valence-corrected chi connectivity index (χ0v) is 17.7. The van der Waals surface area contributed by atoms with Crippen LogP contribution in [0.15, 0.2) is 65.4 Å². The molecule has 2 aromatic carbocycles. The van der Waals surface area contributed by atoms with E-state index in [4.69, 9.17) is 0 Å². The van der Waals surface area contributed by atoms with Crippen LogP contribution in [0, 0.1) is 6.92 Å². The number of hydrogen-bond donors (Lipinski definition) is 2. The lowest BCUT2D eigenvalue weighted by Gasteiger charge is -2.35. The summed E-state index contributed by atoms with van der Waals surface area (Å²) >= 11 is 1.64. The van der Waals surface area contributed by atoms with Crippen molar-refractivity contribution in [3.05, 3.63) is 87.6 Å². The molecule has 0 aliphatic carbocycles. The zero-order chi connectivity index (χ0) is 20.9. The first-order chi connectivity index (χ1) is 14.6. The maximum Gasteiger partial charge on any atom is 0.313 e. The van der Waals surface area contributed by atoms with Crippen molar-refractivity contribution in [3.8, 4) is 0 Å². The number of carbonyl (C=O) groups excluding carboxylic acids is 2. The second-order valence-electron chi connectivity index (χ2n) is 7.54. The van der Waals surface area contributed by atoms with Gasteiger partial charge < -0.3 is 10.6 Å². The Bertz CT molecular complexity index is 1030. The van der Waals surface area contributed by atoms with Crippen molar-refractivity contribution in [2.75, 3.05) is 18.4 Å². The molecule has 2 heterocycles. The minimum absolute atomic E-state index is 0.0276. The number of benzene rings is 2. The highest BCUT2D eigenvalue weighted by molar-refractivity contribution is 7.08. The maximum absolute atomic E-state index is 12.5. The summed E-state index contributed by atoms with van der Waals surface area (Å²) in [6.45, 7) is 4.04. The number of nitrogens with zero attached hydrogens (tertiary/aromatic N) is 1. The van der Waals surface area contributed by atoms with Gasteiger partial charge >= 0.3 is 11.8 Å². The summed E-state index contributed by atoms with van der Waals surface area (Å²) < 4.78 is 0. The largest absolute Gasteiger partial charge is 0.346 e. The number of carbonyl (C=O) groups is 2. The number of rotatable bonds is 5. The summed E-state index contributed by atoms with van der Waals surface area (Å²) in [7, 11) is 0. The summed E-state index contributed by atoms with van der Waals surface area (Å²) in [5.41, 5.74) is 5.45. The fraction of sp³-hybridized carbons (Fsp3) is 0.250. The molecule has 4 rings (SSSR count). The SMILES string of the molecule is Cc1ccccc1NC(=O)C(=O)NCC(c1ccsc1)N1CCc2ccccc2C1. The Labute approximate surface area is 180 Å². The van der Waals surface area contributed by atoms with Crippen LogP contribution in [0.5, 0.6) is 0 Å². The minimum Gasteiger partial charge on any atom is -0.346 e. The van der Waals surface area contributed by atoms with Crippen molar-refractivity contribution in [3.63, 3.8) is 0 Å². The third kappa shape index (κ3) is 4.61. The molecule has 3 aromatic rings. The van der Waals surface area contributed by atoms with Gasteiger partial charge in [-0.2, -0.15) is 11.3 Å². The molecule has 0 spiro atoms. The van der Waals surface area contributed by atoms with E-state index in [9.17, 15) is 9.59 Å². The molecule has 1 aromatic heterocycles. The first-order valence-corrected chi connectivity index (χ1v) is 11.0. The molecular weight excluding hydrogens is 394 g/mol. The van der Waals surface area contributed by atoms with Crippen LogP contribution in [0.1, 0.15) is 28.3 Å². The van der Waals surface area contributed by atoms with Gasteiger partial charge in [-0.25, -0.2) is 0 Å². The van der Waals surface area contributed by atoms with Gasteiger partial charge in [0, 0.05) is 25.3 Å². The summed E-state index contributed by atoms with van der Waals surface area (Å²) in [6.07, 6.45) is 0.985. The zero-order valence-electron chi connectivity index (χ0n) is 16.9. The topological polar surface area (TPSA) is 61.4 Å². The fourth-order valence-corrected chi connectivity index (χ4v) is 4.57. The highest BCUT2D eigenvalue weighted by Crippen LogP contribution is 2.28. The van der Waals surface area contributed by atoms with Crippen LogP contribution in [0.2, 0.25) is 0 Å². The summed E-state index contributed by atoms with van der Waals surface area (Å²) in [5, 5.41) is 9.71. The molecule has 30 heavy (non-hydrogen) atoms. The number of nitrogens with one attached hydrogen (secondary N) is 2. The summed E-state index contributed by atoms with van der Waals surface area (Å²) in [4.78, 5) is 27.2. The number of hydrogen-bond acceptors (Lipinski definition) is 4. The van der Waals surface area contributed by atoms with Gasteiger partial charge in [0.1, 0.15) is 0 Å². The standard InChI is InChI=1S/C24H25N3O2S/c1-17-6-2-5-9-21(17)26-24(29)23(28)25-14-22(20-11-13-30-16-20)27-12-10-18-7-3-4-8-19(18)15-27/h2-9,11,13,16,22H,10,12,14-15H2,1H3,(H,25,28)(H,26,29). The Hall–Kier alpha value is -2.96. The molecule has 1 unspecified atom stereocenters. The van der Waals surface area contributed by atoms with Crippen LogP contribution >= 0.6 is 11.3 Å². The van der Waals surface area contributed by atoms with Crippen molar-refractivity contribution >= 4 is 28.8 Å². The maximum atomic E-state index is 12.5. The molecule has 1 aliphatic heterocycles. The predicted molar refractivity (Wildman–Crippen MR) is 120 cm³/mol. The van der Waals surface area contributed by atoms with Crippen LogP contribution in [0.3, 0.4) is 0 Å². The average molecular weight is 420 g/mol. The first kappa shape index (κ1) is 20.3. The van der Waals surface area contributed by atoms with Gasteiger partial charge in [-0.15, -0.1) is 0 Å². The third-order valence-corrected chi connectivity index (χ3v) is 6.29. The summed E-state index contributed by atoms with van der Waals surface area (Å²) in [6, 6.07) is 18.0. The Balaban J connectivity index is 1.43. The van der Waals surface area contributed by atoms with Crippen LogP contribution in [0.4, 0.5) is 5.69 Å². The van der Waals surface area contributed by atoms with E-state index < -0.39 is 11.8 Å². The Morgan fingerprint density at radius 1 is 1.03 bits per heavy atom. The molecule has 154 valence electrons. The number of amides is 2. The molecule has 0 radical (unpaired) electrons. The highest BCUT2D eigenvalue weighted by Gasteiger charge is 2.26. The van der Waals surface area contributed by atoms with E-state index in [1.54, 1.807) is 17.4 Å². The monoisotopic (exact) mass is 419 g/mol. The van der Waals surface area contributed by atoms with E-state index in [1.807, 2.05) is 30.5 Å². The van der Waals surface area contributed by atoms with Gasteiger partial charge in [0.15, 0.2) is 0 Å². The van der Waals surface area contributed by atoms with Gasteiger partial charge in [0.25, 0.3) is 0 Å². The number of fused-ring (bicyclic) bond motifs is 1. The molecule has 5 nitrogen and oxygen atoms in total. The molecule has 2 amide bonds.